The van der Waals surface area contributed by atoms with Gasteiger partial charge in [0, 0.05) is 25.9 Å². The summed E-state index contributed by atoms with van der Waals surface area (Å²) < 4.78 is 5.93. The van der Waals surface area contributed by atoms with Gasteiger partial charge in [-0.1, -0.05) is 13.8 Å². The zero-order valence-electron chi connectivity index (χ0n) is 15.0. The lowest BCUT2D eigenvalue weighted by Crippen LogP contribution is -2.43. The Hall–Kier alpha value is -1.89. The van der Waals surface area contributed by atoms with Crippen molar-refractivity contribution >= 4 is 17.7 Å². The molecule has 1 aromatic heterocycles. The lowest BCUT2D eigenvalue weighted by atomic mass is 9.94. The standard InChI is InChI=1S/C18H28N4O3/c1-12(2)16-14(4-3-11-25-16)20-15-5-8-19-18(21-15)22-9-6-13(7-10-22)17(23)24/h5,8,12-14,16H,3-4,6-7,9-11H2,1-2H3,(H,23,24)(H,19,20,21). The van der Waals surface area contributed by atoms with Crippen molar-refractivity contribution in [1.29, 1.82) is 0 Å². The molecule has 7 heteroatoms. The molecular formula is C18H28N4O3. The van der Waals surface area contributed by atoms with E-state index in [-0.39, 0.29) is 18.1 Å². The Bertz CT molecular complexity index is 587. The second-order valence-corrected chi connectivity index (χ2v) is 7.31. The van der Waals surface area contributed by atoms with Crippen LogP contribution in [0.4, 0.5) is 11.8 Å². The maximum Gasteiger partial charge on any atom is 0.306 e. The molecule has 3 rings (SSSR count). The van der Waals surface area contributed by atoms with Crippen molar-refractivity contribution < 1.29 is 14.6 Å². The zero-order valence-corrected chi connectivity index (χ0v) is 15.0. The SMILES string of the molecule is CC(C)C1OCCCC1Nc1ccnc(N2CCC(C(=O)O)CC2)n1. The topological polar surface area (TPSA) is 87.6 Å². The second-order valence-electron chi connectivity index (χ2n) is 7.31. The van der Waals surface area contributed by atoms with Crippen molar-refractivity contribution in [2.45, 2.75) is 51.7 Å². The van der Waals surface area contributed by atoms with Crippen LogP contribution in [-0.4, -0.2) is 52.9 Å². The normalized spacial score (nSPS) is 25.2. The predicted molar refractivity (Wildman–Crippen MR) is 95.8 cm³/mol. The number of rotatable bonds is 5. The van der Waals surface area contributed by atoms with Crippen molar-refractivity contribution in [3.05, 3.63) is 12.3 Å². The molecule has 0 radical (unpaired) electrons. The van der Waals surface area contributed by atoms with Crippen molar-refractivity contribution in [3.63, 3.8) is 0 Å². The van der Waals surface area contributed by atoms with Gasteiger partial charge in [0.05, 0.1) is 18.1 Å². The summed E-state index contributed by atoms with van der Waals surface area (Å²) in [5.74, 6) is 0.990. The fraction of sp³-hybridized carbons (Fsp3) is 0.722. The number of aromatic nitrogens is 2. The van der Waals surface area contributed by atoms with Crippen LogP contribution in [-0.2, 0) is 9.53 Å². The number of nitrogens with one attached hydrogen (secondary N) is 1. The van der Waals surface area contributed by atoms with Crippen molar-refractivity contribution in [2.24, 2.45) is 11.8 Å². The average Bonchev–Trinajstić information content (AvgIpc) is 2.62. The minimum atomic E-state index is -0.701. The molecule has 2 N–H and O–H groups in total. The lowest BCUT2D eigenvalue weighted by molar-refractivity contribution is -0.142. The smallest absolute Gasteiger partial charge is 0.306 e. The van der Waals surface area contributed by atoms with Gasteiger partial charge in [0.15, 0.2) is 0 Å². The van der Waals surface area contributed by atoms with Crippen molar-refractivity contribution in [2.75, 3.05) is 29.9 Å². The number of aliphatic carboxylic acids is 1. The highest BCUT2D eigenvalue weighted by Gasteiger charge is 2.29. The summed E-state index contributed by atoms with van der Waals surface area (Å²) in [6.07, 6.45) is 5.37. The first kappa shape index (κ1) is 17.9. The molecule has 2 aliphatic rings. The molecular weight excluding hydrogens is 320 g/mol. The fourth-order valence-corrected chi connectivity index (χ4v) is 3.71. The third-order valence-corrected chi connectivity index (χ3v) is 5.13. The van der Waals surface area contributed by atoms with E-state index in [1.165, 1.54) is 0 Å². The third kappa shape index (κ3) is 4.39. The van der Waals surface area contributed by atoms with E-state index < -0.39 is 5.97 Å². The van der Waals surface area contributed by atoms with Crippen LogP contribution >= 0.6 is 0 Å². The molecule has 0 saturated carbocycles. The largest absolute Gasteiger partial charge is 0.481 e. The Labute approximate surface area is 148 Å². The highest BCUT2D eigenvalue weighted by Crippen LogP contribution is 2.25. The van der Waals surface area contributed by atoms with Crippen LogP contribution in [0.5, 0.6) is 0 Å². The van der Waals surface area contributed by atoms with E-state index in [2.05, 4.69) is 34.0 Å². The van der Waals surface area contributed by atoms with E-state index in [1.54, 1.807) is 6.20 Å². The summed E-state index contributed by atoms with van der Waals surface area (Å²) >= 11 is 0. The number of hydrogen-bond acceptors (Lipinski definition) is 6. The zero-order chi connectivity index (χ0) is 17.8. The number of ether oxygens (including phenoxy) is 1. The molecule has 0 aromatic carbocycles. The Kier molecular flexibility index (Phi) is 5.73. The number of carbonyl (C=O) groups is 1. The van der Waals surface area contributed by atoms with E-state index in [0.717, 1.165) is 25.3 Å². The highest BCUT2D eigenvalue weighted by atomic mass is 16.5. The molecule has 0 spiro atoms. The van der Waals surface area contributed by atoms with Gasteiger partial charge in [0.1, 0.15) is 5.82 Å². The number of hydrogen-bond donors (Lipinski definition) is 2. The summed E-state index contributed by atoms with van der Waals surface area (Å²) in [5.41, 5.74) is 0. The van der Waals surface area contributed by atoms with Crippen molar-refractivity contribution in [1.82, 2.24) is 9.97 Å². The molecule has 7 nitrogen and oxygen atoms in total. The molecule has 0 bridgehead atoms. The molecule has 25 heavy (non-hydrogen) atoms. The van der Waals surface area contributed by atoms with E-state index in [4.69, 9.17) is 9.84 Å². The number of nitrogens with zero attached hydrogens (tertiary/aromatic N) is 3. The van der Waals surface area contributed by atoms with Gasteiger partial charge in [0.25, 0.3) is 0 Å². The van der Waals surface area contributed by atoms with Crippen LogP contribution in [0.2, 0.25) is 0 Å². The van der Waals surface area contributed by atoms with Gasteiger partial charge in [-0.3, -0.25) is 4.79 Å². The van der Waals surface area contributed by atoms with Crippen molar-refractivity contribution in [3.8, 4) is 0 Å². The Morgan fingerprint density at radius 1 is 1.36 bits per heavy atom. The molecule has 2 fully saturated rings. The van der Waals surface area contributed by atoms with Gasteiger partial charge >= 0.3 is 5.97 Å². The first-order valence-corrected chi connectivity index (χ1v) is 9.23. The van der Waals surface area contributed by atoms with E-state index in [9.17, 15) is 4.79 Å². The molecule has 138 valence electrons. The van der Waals surface area contributed by atoms with Crippen LogP contribution < -0.4 is 10.2 Å². The number of piperidine rings is 1. The van der Waals surface area contributed by atoms with Gasteiger partial charge in [-0.2, -0.15) is 4.98 Å². The molecule has 2 aliphatic heterocycles. The molecule has 0 amide bonds. The average molecular weight is 348 g/mol. The summed E-state index contributed by atoms with van der Waals surface area (Å²) in [5, 5.41) is 12.6. The van der Waals surface area contributed by atoms with Gasteiger partial charge in [0.2, 0.25) is 5.95 Å². The maximum atomic E-state index is 11.1. The molecule has 2 atom stereocenters. The third-order valence-electron chi connectivity index (χ3n) is 5.13. The number of carboxylic acid groups (broad SMARTS) is 1. The van der Waals surface area contributed by atoms with Crippen LogP contribution in [0, 0.1) is 11.8 Å². The van der Waals surface area contributed by atoms with Gasteiger partial charge in [-0.05, 0) is 37.7 Å². The summed E-state index contributed by atoms with van der Waals surface area (Å²) in [7, 11) is 0. The Morgan fingerprint density at radius 3 is 2.80 bits per heavy atom. The molecule has 2 unspecified atom stereocenters. The first-order valence-electron chi connectivity index (χ1n) is 9.23. The Balaban J connectivity index is 1.64. The minimum absolute atomic E-state index is 0.193. The molecule has 0 aliphatic carbocycles. The minimum Gasteiger partial charge on any atom is -0.481 e. The number of carboxylic acids is 1. The van der Waals surface area contributed by atoms with Crippen LogP contribution in [0.25, 0.3) is 0 Å². The molecule has 3 heterocycles. The lowest BCUT2D eigenvalue weighted by Gasteiger charge is -2.35. The van der Waals surface area contributed by atoms with E-state index in [0.29, 0.717) is 37.8 Å². The van der Waals surface area contributed by atoms with Crippen LogP contribution in [0.15, 0.2) is 12.3 Å². The maximum absolute atomic E-state index is 11.1. The second kappa shape index (κ2) is 7.99. The number of anilines is 2. The van der Waals surface area contributed by atoms with Gasteiger partial charge in [-0.15, -0.1) is 0 Å². The van der Waals surface area contributed by atoms with Gasteiger partial charge in [-0.25, -0.2) is 4.98 Å². The van der Waals surface area contributed by atoms with E-state index >= 15 is 0 Å². The van der Waals surface area contributed by atoms with Crippen LogP contribution in [0.3, 0.4) is 0 Å². The molecule has 2 saturated heterocycles. The Morgan fingerprint density at radius 2 is 2.12 bits per heavy atom. The quantitative estimate of drug-likeness (QED) is 0.845. The van der Waals surface area contributed by atoms with Gasteiger partial charge < -0.3 is 20.1 Å². The summed E-state index contributed by atoms with van der Waals surface area (Å²) in [6, 6.07) is 2.15. The van der Waals surface area contributed by atoms with E-state index in [1.807, 2.05) is 6.07 Å². The molecule has 1 aromatic rings. The monoisotopic (exact) mass is 348 g/mol. The highest BCUT2D eigenvalue weighted by molar-refractivity contribution is 5.70. The summed E-state index contributed by atoms with van der Waals surface area (Å²) in [6.45, 7) is 6.56. The van der Waals surface area contributed by atoms with Crippen LogP contribution in [0.1, 0.15) is 39.5 Å². The predicted octanol–water partition coefficient (Wildman–Crippen LogP) is 2.39. The fourth-order valence-electron chi connectivity index (χ4n) is 3.71. The summed E-state index contributed by atoms with van der Waals surface area (Å²) in [4.78, 5) is 22.2. The first-order chi connectivity index (χ1) is 12.0.